The maximum absolute atomic E-state index is 14.7. The number of carbonyl (C=O) groups excluding carboxylic acids is 4. The van der Waals surface area contributed by atoms with Crippen molar-refractivity contribution in [1.82, 2.24) is 29.8 Å². The second-order valence-corrected chi connectivity index (χ2v) is 19.9. The second kappa shape index (κ2) is 23.9. The van der Waals surface area contributed by atoms with Crippen molar-refractivity contribution in [3.63, 3.8) is 0 Å². The molecule has 3 aliphatic rings. The molecule has 0 spiro atoms. The summed E-state index contributed by atoms with van der Waals surface area (Å²) in [4.78, 5) is 98.2. The minimum Gasteiger partial charge on any atom is -0.778 e. The first-order valence-electron chi connectivity index (χ1n) is 18.8. The van der Waals surface area contributed by atoms with Crippen molar-refractivity contribution in [2.75, 3.05) is 74.1 Å². The number of carboxylic acids is 2. The van der Waals surface area contributed by atoms with Crippen molar-refractivity contribution < 1.29 is 80.4 Å². The Balaban J connectivity index is 0.000000278. The van der Waals surface area contributed by atoms with Crippen molar-refractivity contribution in [3.05, 3.63) is 45.9 Å². The number of nitrogens with zero attached hydrogens (tertiary/aromatic N) is 6. The summed E-state index contributed by atoms with van der Waals surface area (Å²) in [6, 6.07) is 2.43. The van der Waals surface area contributed by atoms with Crippen LogP contribution in [0.3, 0.4) is 0 Å². The number of ether oxygens (including phenoxy) is 3. The molecule has 30 heteroatoms. The molecule has 4 heterocycles. The zero-order valence-corrected chi connectivity index (χ0v) is 39.6. The van der Waals surface area contributed by atoms with Crippen molar-refractivity contribution in [2.24, 2.45) is 7.05 Å². The van der Waals surface area contributed by atoms with E-state index in [1.165, 1.54) is 31.3 Å². The van der Waals surface area contributed by atoms with E-state index in [0.29, 0.717) is 39.6 Å². The molecule has 364 valence electrons. The number of benzene rings is 1. The summed E-state index contributed by atoms with van der Waals surface area (Å²) in [7, 11) is -4.57. The first-order valence-corrected chi connectivity index (χ1v) is 24.9. The first kappa shape index (κ1) is 55.0. The SMILES string of the molecule is C#CCN1C(=O)COc2cc(F)c(N3C(=O)C4=C(CCCC4)C3=O)cc21.COc1cc(OC)nc(NC(=O)NS(=O)(=O)c2c(C(=O)O)c(Cl)nn2C)n1.C[S+](C)C.O=C(O)CNCP(=O)([O-])O. The largest absolute Gasteiger partial charge is 0.778 e. The Morgan fingerprint density at radius 1 is 1.03 bits per heavy atom. The molecule has 0 fully saturated rings. The summed E-state index contributed by atoms with van der Waals surface area (Å²) in [5.41, 5.74) is 0.214. The predicted octanol–water partition coefficient (Wildman–Crippen LogP) is 0.675. The first-order chi connectivity index (χ1) is 31.3. The number of anilines is 3. The van der Waals surface area contributed by atoms with Gasteiger partial charge in [-0.1, -0.05) is 17.5 Å². The van der Waals surface area contributed by atoms with Crippen molar-refractivity contribution in [3.8, 4) is 29.9 Å². The minimum absolute atomic E-state index is 0.0170. The van der Waals surface area contributed by atoms with Crippen LogP contribution in [0, 0.1) is 18.2 Å². The summed E-state index contributed by atoms with van der Waals surface area (Å²) < 4.78 is 66.8. The highest BCUT2D eigenvalue weighted by atomic mass is 35.5. The number of rotatable bonds is 12. The van der Waals surface area contributed by atoms with E-state index in [4.69, 9.17) is 47.3 Å². The van der Waals surface area contributed by atoms with Gasteiger partial charge < -0.3 is 38.8 Å². The van der Waals surface area contributed by atoms with Crippen LogP contribution in [-0.2, 0) is 51.7 Å². The Bertz CT molecular complexity index is 2600. The number of aliphatic carboxylic acids is 1. The zero-order valence-electron chi connectivity index (χ0n) is 36.3. The lowest BCUT2D eigenvalue weighted by Gasteiger charge is -2.29. The smallest absolute Gasteiger partial charge is 0.341 e. The van der Waals surface area contributed by atoms with Crippen LogP contribution in [0.5, 0.6) is 17.5 Å². The molecule has 2 aliphatic heterocycles. The number of sulfonamides is 1. The number of carbonyl (C=O) groups is 6. The molecular formula is C37H44ClFN9O16PS2. The van der Waals surface area contributed by atoms with E-state index in [1.807, 2.05) is 5.32 Å². The van der Waals surface area contributed by atoms with Crippen LogP contribution in [0.1, 0.15) is 36.0 Å². The van der Waals surface area contributed by atoms with Gasteiger partial charge in [0.05, 0.1) is 69.8 Å². The van der Waals surface area contributed by atoms with E-state index >= 15 is 0 Å². The number of amides is 5. The van der Waals surface area contributed by atoms with Gasteiger partial charge in [0.15, 0.2) is 22.6 Å². The van der Waals surface area contributed by atoms with Crippen LogP contribution in [-0.4, -0.2) is 138 Å². The lowest BCUT2D eigenvalue weighted by molar-refractivity contribution is -0.193. The molecule has 1 atom stereocenters. The summed E-state index contributed by atoms with van der Waals surface area (Å²) >= 11 is 5.63. The van der Waals surface area contributed by atoms with E-state index in [0.717, 1.165) is 30.9 Å². The number of urea groups is 1. The number of aromatic nitrogens is 4. The molecule has 0 saturated heterocycles. The fraction of sp³-hybridized carbons (Fsp3) is 0.378. The van der Waals surface area contributed by atoms with Crippen LogP contribution < -0.4 is 44.3 Å². The lowest BCUT2D eigenvalue weighted by Crippen LogP contribution is -2.39. The highest BCUT2D eigenvalue weighted by Crippen LogP contribution is 2.42. The highest BCUT2D eigenvalue weighted by molar-refractivity contribution is 7.94. The van der Waals surface area contributed by atoms with Gasteiger partial charge in [0.2, 0.25) is 17.7 Å². The molecule has 25 nitrogen and oxygen atoms in total. The average molecular weight is 1020 g/mol. The summed E-state index contributed by atoms with van der Waals surface area (Å²) in [5.74, 6) is -2.62. The number of methoxy groups -OCH3 is 2. The maximum atomic E-state index is 14.7. The predicted molar refractivity (Wildman–Crippen MR) is 236 cm³/mol. The van der Waals surface area contributed by atoms with Gasteiger partial charge in [-0.2, -0.15) is 23.5 Å². The van der Waals surface area contributed by atoms with Crippen molar-refractivity contribution >= 4 is 93.1 Å². The molecule has 0 bridgehead atoms. The number of imide groups is 1. The molecule has 1 aliphatic carbocycles. The van der Waals surface area contributed by atoms with E-state index in [1.54, 1.807) is 4.72 Å². The third kappa shape index (κ3) is 15.1. The zero-order chi connectivity index (χ0) is 50.6. The number of nitrogens with one attached hydrogen (secondary N) is 3. The van der Waals surface area contributed by atoms with Gasteiger partial charge in [-0.3, -0.25) is 39.4 Å². The molecule has 6 rings (SSSR count). The monoisotopic (exact) mass is 1020 g/mol. The molecule has 6 N–H and O–H groups in total. The Morgan fingerprint density at radius 3 is 2.06 bits per heavy atom. The Morgan fingerprint density at radius 2 is 1.58 bits per heavy atom. The van der Waals surface area contributed by atoms with Crippen LogP contribution in [0.2, 0.25) is 5.15 Å². The quantitative estimate of drug-likeness (QED) is 0.0628. The summed E-state index contributed by atoms with van der Waals surface area (Å²) in [6.45, 7) is -0.741. The molecule has 3 aromatic rings. The van der Waals surface area contributed by atoms with Crippen LogP contribution in [0.25, 0.3) is 0 Å². The number of terminal acetylenes is 1. The van der Waals surface area contributed by atoms with Gasteiger partial charge >= 0.3 is 18.0 Å². The van der Waals surface area contributed by atoms with Crippen LogP contribution in [0.15, 0.2) is 34.4 Å². The highest BCUT2D eigenvalue weighted by Gasteiger charge is 2.42. The topological polar surface area (TPSA) is 351 Å². The molecule has 1 unspecified atom stereocenters. The van der Waals surface area contributed by atoms with Crippen LogP contribution >= 0.6 is 19.2 Å². The Kier molecular flexibility index (Phi) is 19.6. The summed E-state index contributed by atoms with van der Waals surface area (Å²) in [6.07, 6.45) is 13.9. The fourth-order valence-electron chi connectivity index (χ4n) is 5.84. The molecule has 2 aromatic heterocycles. The maximum Gasteiger partial charge on any atom is 0.341 e. The van der Waals surface area contributed by atoms with Gasteiger partial charge in [-0.05, 0) is 42.6 Å². The molecule has 67 heavy (non-hydrogen) atoms. The Labute approximate surface area is 389 Å². The van der Waals surface area contributed by atoms with Gasteiger partial charge in [-0.25, -0.2) is 23.6 Å². The van der Waals surface area contributed by atoms with E-state index in [9.17, 15) is 51.0 Å². The summed E-state index contributed by atoms with van der Waals surface area (Å²) in [5, 5.41) is 23.3. The molecule has 5 amide bonds. The van der Waals surface area contributed by atoms with Crippen molar-refractivity contribution in [1.29, 1.82) is 0 Å². The van der Waals surface area contributed by atoms with E-state index in [-0.39, 0.29) is 53.9 Å². The molecule has 1 aromatic carbocycles. The van der Waals surface area contributed by atoms with Gasteiger partial charge in [-0.15, -0.1) is 6.42 Å². The average Bonchev–Trinajstić information content (AvgIpc) is 3.68. The third-order valence-electron chi connectivity index (χ3n) is 8.41. The van der Waals surface area contributed by atoms with Gasteiger partial charge in [0.1, 0.15) is 18.9 Å². The van der Waals surface area contributed by atoms with E-state index < -0.39 is 81.8 Å². The molecule has 0 radical (unpaired) electrons. The van der Waals surface area contributed by atoms with Gasteiger partial charge in [0.25, 0.3) is 27.7 Å². The number of hydrogen-bond donors (Lipinski definition) is 6. The third-order valence-corrected chi connectivity index (χ3v) is 10.7. The number of halogens is 2. The van der Waals surface area contributed by atoms with Crippen molar-refractivity contribution in [2.45, 2.75) is 30.7 Å². The number of fused-ring (bicyclic) bond motifs is 1. The molecular weight excluding hydrogens is 976 g/mol. The normalized spacial score (nSPS) is 14.9. The fourth-order valence-corrected chi connectivity index (χ4v) is 7.81. The number of aromatic carboxylic acids is 1. The second-order valence-electron chi connectivity index (χ2n) is 13.9. The standard InChI is InChI=1S/C19H15FN2O4.C12H13ClN6O7S.C3H8NO5P.C3H9S/c1-2-7-21-15-9-14(13(20)8-16(15)26-10-17(21)23)22-18(24)11-5-3-4-6-12(11)19(22)25;1-19-9(7(10(20)21)8(13)17-19)27(23,24)18-12(22)16-11-14-5(25-2)4-6(15-11)26-3;5-3(6)1-4-2-10(7,8)9;1-4(2)3/h1,8-9H,3-7,10H2;4H,1-3H3,(H,20,21)(H2,14,15,16,18,22);4H,1-2H2,(H,5,6)(H2,7,8,9);1-3H3/q;;;+1/p-1. The van der Waals surface area contributed by atoms with Crippen LogP contribution in [0.4, 0.5) is 26.5 Å². The Hall–Kier alpha value is -6.34. The number of aryl methyl sites for hydroxylation is 1. The van der Waals surface area contributed by atoms with E-state index in [2.05, 4.69) is 45.1 Å². The minimum atomic E-state index is -4.64. The lowest BCUT2D eigenvalue weighted by atomic mass is 9.93. The molecule has 0 saturated carbocycles. The number of carboxylic acid groups (broad SMARTS) is 2. The number of hydrogen-bond acceptors (Lipinski definition) is 17. The van der Waals surface area contributed by atoms with Gasteiger partial charge in [0, 0.05) is 24.3 Å².